The van der Waals surface area contributed by atoms with Gasteiger partial charge in [0.25, 0.3) is 0 Å². The second-order valence-corrected chi connectivity index (χ2v) is 6.97. The summed E-state index contributed by atoms with van der Waals surface area (Å²) >= 11 is 6.08. The Morgan fingerprint density at radius 2 is 2.00 bits per heavy atom. The zero-order valence-corrected chi connectivity index (χ0v) is 13.7. The van der Waals surface area contributed by atoms with Crippen LogP contribution in [0.1, 0.15) is 12.5 Å². The zero-order valence-electron chi connectivity index (χ0n) is 12.1. The van der Waals surface area contributed by atoms with E-state index in [1.807, 2.05) is 6.92 Å². The molecule has 1 aromatic carbocycles. The van der Waals surface area contributed by atoms with Crippen molar-refractivity contribution >= 4 is 21.6 Å². The molecule has 112 valence electrons. The fourth-order valence-corrected chi connectivity index (χ4v) is 3.25. The highest BCUT2D eigenvalue weighted by Crippen LogP contribution is 2.20. The third-order valence-electron chi connectivity index (χ3n) is 2.93. The minimum Gasteiger partial charge on any atom is -0.207 e. The Kier molecular flexibility index (Phi) is 6.22. The average Bonchev–Trinajstić information content (AvgIpc) is 2.46. The summed E-state index contributed by atoms with van der Waals surface area (Å²) in [6, 6.07) is 6.66. The van der Waals surface area contributed by atoms with E-state index in [-0.39, 0.29) is 18.0 Å². The van der Waals surface area contributed by atoms with E-state index < -0.39 is 10.0 Å². The van der Waals surface area contributed by atoms with Crippen LogP contribution in [0.2, 0.25) is 0 Å². The molecule has 0 amide bonds. The molecule has 21 heavy (non-hydrogen) atoms. The third kappa shape index (κ3) is 4.47. The van der Waals surface area contributed by atoms with Crippen LogP contribution in [0.3, 0.4) is 0 Å². The SMILES string of the molecule is C#C/C(C)=C(/Cl)CN(CC=C)S(=O)(=O)c1ccc(C)cc1. The summed E-state index contributed by atoms with van der Waals surface area (Å²) in [6.45, 7) is 7.34. The van der Waals surface area contributed by atoms with Crippen LogP contribution < -0.4 is 0 Å². The van der Waals surface area contributed by atoms with Crippen LogP contribution in [0.15, 0.2) is 52.4 Å². The molecule has 0 aliphatic heterocycles. The molecule has 0 aliphatic rings. The quantitative estimate of drug-likeness (QED) is 0.595. The number of halogens is 1. The predicted octanol–water partition coefficient (Wildman–Crippen LogP) is 3.32. The van der Waals surface area contributed by atoms with E-state index >= 15 is 0 Å². The van der Waals surface area contributed by atoms with Crippen molar-refractivity contribution in [2.75, 3.05) is 13.1 Å². The third-order valence-corrected chi connectivity index (χ3v) is 5.16. The Labute approximate surface area is 132 Å². The van der Waals surface area contributed by atoms with Crippen molar-refractivity contribution in [3.8, 4) is 12.3 Å². The lowest BCUT2D eigenvalue weighted by Crippen LogP contribution is -2.32. The summed E-state index contributed by atoms with van der Waals surface area (Å²) in [5.41, 5.74) is 1.51. The first-order valence-electron chi connectivity index (χ1n) is 6.32. The van der Waals surface area contributed by atoms with Gasteiger partial charge in [0.15, 0.2) is 0 Å². The number of benzene rings is 1. The average molecular weight is 324 g/mol. The van der Waals surface area contributed by atoms with Crippen LogP contribution in [0, 0.1) is 19.3 Å². The molecule has 0 fully saturated rings. The van der Waals surface area contributed by atoms with Gasteiger partial charge in [0, 0.05) is 17.2 Å². The molecular formula is C16H18ClNO2S. The molecule has 0 aromatic heterocycles. The van der Waals surface area contributed by atoms with Gasteiger partial charge < -0.3 is 0 Å². The summed E-state index contributed by atoms with van der Waals surface area (Å²) in [7, 11) is -3.64. The first-order chi connectivity index (χ1) is 9.82. The van der Waals surface area contributed by atoms with E-state index in [0.29, 0.717) is 10.6 Å². The predicted molar refractivity (Wildman–Crippen MR) is 87.5 cm³/mol. The van der Waals surface area contributed by atoms with Crippen molar-refractivity contribution in [2.24, 2.45) is 0 Å². The number of aryl methyl sites for hydroxylation is 1. The molecular weight excluding hydrogens is 306 g/mol. The minimum absolute atomic E-state index is 0.0276. The van der Waals surface area contributed by atoms with Gasteiger partial charge >= 0.3 is 0 Å². The Morgan fingerprint density at radius 1 is 1.43 bits per heavy atom. The van der Waals surface area contributed by atoms with Gasteiger partial charge in [0.05, 0.1) is 11.4 Å². The van der Waals surface area contributed by atoms with Gasteiger partial charge in [-0.1, -0.05) is 41.3 Å². The number of nitrogens with zero attached hydrogens (tertiary/aromatic N) is 1. The van der Waals surface area contributed by atoms with Gasteiger partial charge in [-0.2, -0.15) is 4.31 Å². The van der Waals surface area contributed by atoms with Crippen LogP contribution in [0.4, 0.5) is 0 Å². The summed E-state index contributed by atoms with van der Waals surface area (Å²) in [5, 5.41) is 0.329. The van der Waals surface area contributed by atoms with Crippen molar-refractivity contribution in [1.29, 1.82) is 0 Å². The molecule has 3 nitrogen and oxygen atoms in total. The maximum absolute atomic E-state index is 12.6. The Hall–Kier alpha value is -1.54. The molecule has 0 heterocycles. The Bertz CT molecular complexity index is 682. The number of allylic oxidation sites excluding steroid dienone is 1. The van der Waals surface area contributed by atoms with Crippen molar-refractivity contribution in [3.63, 3.8) is 0 Å². The normalized spacial score (nSPS) is 12.7. The van der Waals surface area contributed by atoms with Crippen LogP contribution in [-0.4, -0.2) is 25.8 Å². The van der Waals surface area contributed by atoms with Gasteiger partial charge in [0.2, 0.25) is 10.0 Å². The summed E-state index contributed by atoms with van der Waals surface area (Å²) in [4.78, 5) is 0.220. The fourth-order valence-electron chi connectivity index (χ4n) is 1.60. The molecule has 5 heteroatoms. The number of sulfonamides is 1. The minimum atomic E-state index is -3.64. The number of hydrogen-bond acceptors (Lipinski definition) is 2. The van der Waals surface area contributed by atoms with E-state index in [0.717, 1.165) is 5.56 Å². The van der Waals surface area contributed by atoms with Gasteiger partial charge in [-0.05, 0) is 26.0 Å². The molecule has 1 rings (SSSR count). The summed E-state index contributed by atoms with van der Waals surface area (Å²) < 4.78 is 26.5. The molecule has 0 bridgehead atoms. The zero-order chi connectivity index (χ0) is 16.0. The van der Waals surface area contributed by atoms with Crippen molar-refractivity contribution in [2.45, 2.75) is 18.7 Å². The maximum atomic E-state index is 12.6. The smallest absolute Gasteiger partial charge is 0.207 e. The van der Waals surface area contributed by atoms with Crippen molar-refractivity contribution in [1.82, 2.24) is 4.31 Å². The van der Waals surface area contributed by atoms with Crippen LogP contribution >= 0.6 is 11.6 Å². The molecule has 0 saturated heterocycles. The maximum Gasteiger partial charge on any atom is 0.243 e. The molecule has 0 atom stereocenters. The lowest BCUT2D eigenvalue weighted by atomic mass is 10.2. The van der Waals surface area contributed by atoms with E-state index in [2.05, 4.69) is 12.5 Å². The standard InChI is InChI=1S/C16H18ClNO2S/c1-5-11-18(12-16(17)14(4)6-2)21(19,20)15-9-7-13(3)8-10-15/h2,5,7-10H,1,11-12H2,3-4H3/b16-14+. The number of hydrogen-bond donors (Lipinski definition) is 0. The van der Waals surface area contributed by atoms with Crippen molar-refractivity contribution < 1.29 is 8.42 Å². The first-order valence-corrected chi connectivity index (χ1v) is 8.14. The monoisotopic (exact) mass is 323 g/mol. The largest absolute Gasteiger partial charge is 0.243 e. The number of terminal acetylenes is 1. The fraction of sp³-hybridized carbons (Fsp3) is 0.250. The van der Waals surface area contributed by atoms with E-state index in [1.54, 1.807) is 31.2 Å². The van der Waals surface area contributed by atoms with Crippen LogP contribution in [0.5, 0.6) is 0 Å². The molecule has 0 aliphatic carbocycles. The topological polar surface area (TPSA) is 37.4 Å². The molecule has 0 radical (unpaired) electrons. The van der Waals surface area contributed by atoms with Gasteiger partial charge in [-0.15, -0.1) is 13.0 Å². The van der Waals surface area contributed by atoms with Crippen molar-refractivity contribution in [3.05, 3.63) is 53.1 Å². The molecule has 0 N–H and O–H groups in total. The number of rotatable bonds is 6. The highest BCUT2D eigenvalue weighted by molar-refractivity contribution is 7.89. The van der Waals surface area contributed by atoms with Gasteiger partial charge in [0.1, 0.15) is 0 Å². The second kappa shape index (κ2) is 7.46. The Morgan fingerprint density at radius 3 is 2.48 bits per heavy atom. The van der Waals surface area contributed by atoms with Crippen LogP contribution in [0.25, 0.3) is 0 Å². The Balaban J connectivity index is 3.18. The molecule has 0 unspecified atom stereocenters. The van der Waals surface area contributed by atoms with E-state index in [4.69, 9.17) is 18.0 Å². The second-order valence-electron chi connectivity index (χ2n) is 4.57. The van der Waals surface area contributed by atoms with E-state index in [9.17, 15) is 8.42 Å². The molecule has 1 aromatic rings. The highest BCUT2D eigenvalue weighted by atomic mass is 35.5. The first kappa shape index (κ1) is 17.5. The van der Waals surface area contributed by atoms with E-state index in [1.165, 1.54) is 10.4 Å². The summed E-state index contributed by atoms with van der Waals surface area (Å²) in [5.74, 6) is 2.41. The lowest BCUT2D eigenvalue weighted by molar-refractivity contribution is 0.471. The molecule has 0 spiro atoms. The van der Waals surface area contributed by atoms with Gasteiger partial charge in [-0.25, -0.2) is 8.42 Å². The van der Waals surface area contributed by atoms with Crippen LogP contribution in [-0.2, 0) is 10.0 Å². The lowest BCUT2D eigenvalue weighted by Gasteiger charge is -2.21. The molecule has 0 saturated carbocycles. The highest BCUT2D eigenvalue weighted by Gasteiger charge is 2.24. The van der Waals surface area contributed by atoms with Gasteiger partial charge in [-0.3, -0.25) is 0 Å². The summed E-state index contributed by atoms with van der Waals surface area (Å²) in [6.07, 6.45) is 6.79.